The molecule has 1 heterocycles. The van der Waals surface area contributed by atoms with Crippen LogP contribution in [0.1, 0.15) is 10.4 Å². The quantitative estimate of drug-likeness (QED) is 0.791. The third-order valence-electron chi connectivity index (χ3n) is 3.59. The number of piperazine rings is 1. The first-order valence-corrected chi connectivity index (χ1v) is 6.67. The lowest BCUT2D eigenvalue weighted by Gasteiger charge is -2.36. The second kappa shape index (κ2) is 5.90. The minimum atomic E-state index is -0.107. The molecule has 0 bridgehead atoms. The molecule has 1 saturated heterocycles. The molecule has 0 spiro atoms. The van der Waals surface area contributed by atoms with Crippen LogP contribution >= 0.6 is 11.6 Å². The number of Topliss-reactive ketones (excluding diaryl/α,β-unsaturated/α-hetero) is 1. The summed E-state index contributed by atoms with van der Waals surface area (Å²) in [7, 11) is 5.58. The van der Waals surface area contributed by atoms with Crippen LogP contribution in [0.25, 0.3) is 0 Å². The van der Waals surface area contributed by atoms with Gasteiger partial charge in [-0.25, -0.2) is 0 Å². The number of hydrogen-bond acceptors (Lipinski definition) is 4. The smallest absolute Gasteiger partial charge is 0.181 e. The molecule has 4 nitrogen and oxygen atoms in total. The SMILES string of the molecule is COc1cc(C(=O)C2CN(C)CCN2C)ccc1Cl. The van der Waals surface area contributed by atoms with E-state index in [4.69, 9.17) is 16.3 Å². The molecule has 1 aromatic carbocycles. The minimum absolute atomic E-state index is 0.107. The molecule has 104 valence electrons. The molecule has 19 heavy (non-hydrogen) atoms. The molecule has 1 fully saturated rings. The lowest BCUT2D eigenvalue weighted by atomic mass is 10.0. The van der Waals surface area contributed by atoms with E-state index >= 15 is 0 Å². The van der Waals surface area contributed by atoms with Gasteiger partial charge >= 0.3 is 0 Å². The lowest BCUT2D eigenvalue weighted by Crippen LogP contribution is -2.53. The summed E-state index contributed by atoms with van der Waals surface area (Å²) >= 11 is 5.98. The van der Waals surface area contributed by atoms with Crippen LogP contribution in [0, 0.1) is 0 Å². The van der Waals surface area contributed by atoms with Gasteiger partial charge in [0.05, 0.1) is 18.2 Å². The summed E-state index contributed by atoms with van der Waals surface area (Å²) in [6.07, 6.45) is 0. The zero-order valence-corrected chi connectivity index (χ0v) is 12.3. The first-order chi connectivity index (χ1) is 9.02. The Morgan fingerprint density at radius 2 is 2.11 bits per heavy atom. The third kappa shape index (κ3) is 3.08. The second-order valence-corrected chi connectivity index (χ2v) is 5.38. The van der Waals surface area contributed by atoms with Gasteiger partial charge in [-0.15, -0.1) is 0 Å². The molecule has 2 rings (SSSR count). The van der Waals surface area contributed by atoms with E-state index in [9.17, 15) is 4.79 Å². The number of methoxy groups -OCH3 is 1. The van der Waals surface area contributed by atoms with Crippen LogP contribution in [0.5, 0.6) is 5.75 Å². The number of nitrogens with zero attached hydrogens (tertiary/aromatic N) is 2. The first kappa shape index (κ1) is 14.3. The van der Waals surface area contributed by atoms with Crippen molar-refractivity contribution in [2.45, 2.75) is 6.04 Å². The molecule has 0 radical (unpaired) electrons. The van der Waals surface area contributed by atoms with E-state index in [1.54, 1.807) is 25.3 Å². The fourth-order valence-corrected chi connectivity index (χ4v) is 2.49. The molecule has 1 aliphatic heterocycles. The summed E-state index contributed by atoms with van der Waals surface area (Å²) in [6.45, 7) is 2.64. The molecule has 0 aliphatic carbocycles. The number of carbonyl (C=O) groups excluding carboxylic acids is 1. The largest absolute Gasteiger partial charge is 0.495 e. The van der Waals surface area contributed by atoms with E-state index in [1.807, 2.05) is 14.1 Å². The van der Waals surface area contributed by atoms with Crippen molar-refractivity contribution in [1.29, 1.82) is 0 Å². The van der Waals surface area contributed by atoms with Crippen LogP contribution in [-0.4, -0.2) is 62.5 Å². The maximum Gasteiger partial charge on any atom is 0.181 e. The maximum atomic E-state index is 12.6. The van der Waals surface area contributed by atoms with Gasteiger partial charge in [-0.1, -0.05) is 11.6 Å². The number of halogens is 1. The second-order valence-electron chi connectivity index (χ2n) is 4.97. The van der Waals surface area contributed by atoms with Crippen molar-refractivity contribution in [2.24, 2.45) is 0 Å². The standard InChI is InChI=1S/C14H19ClN2O2/c1-16-6-7-17(2)12(9-16)14(18)10-4-5-11(15)13(8-10)19-3/h4-5,8,12H,6-7,9H2,1-3H3. The third-order valence-corrected chi connectivity index (χ3v) is 3.90. The van der Waals surface area contributed by atoms with Crippen molar-refractivity contribution < 1.29 is 9.53 Å². The highest BCUT2D eigenvalue weighted by Crippen LogP contribution is 2.26. The van der Waals surface area contributed by atoms with Crippen LogP contribution in [-0.2, 0) is 0 Å². The minimum Gasteiger partial charge on any atom is -0.495 e. The van der Waals surface area contributed by atoms with Gasteiger partial charge in [0, 0.05) is 25.2 Å². The highest BCUT2D eigenvalue weighted by atomic mass is 35.5. The number of benzene rings is 1. The summed E-state index contributed by atoms with van der Waals surface area (Å²) in [5.41, 5.74) is 0.647. The summed E-state index contributed by atoms with van der Waals surface area (Å²) < 4.78 is 5.16. The summed E-state index contributed by atoms with van der Waals surface area (Å²) in [5.74, 6) is 0.656. The molecule has 1 unspecified atom stereocenters. The normalized spacial score (nSPS) is 21.4. The van der Waals surface area contributed by atoms with Gasteiger partial charge in [0.2, 0.25) is 0 Å². The predicted molar refractivity (Wildman–Crippen MR) is 76.2 cm³/mol. The number of ether oxygens (including phenoxy) is 1. The van der Waals surface area contributed by atoms with E-state index in [-0.39, 0.29) is 11.8 Å². The Kier molecular flexibility index (Phi) is 4.45. The Morgan fingerprint density at radius 3 is 2.79 bits per heavy atom. The zero-order chi connectivity index (χ0) is 14.0. The van der Waals surface area contributed by atoms with Gasteiger partial charge in [-0.2, -0.15) is 0 Å². The van der Waals surface area contributed by atoms with E-state index in [2.05, 4.69) is 9.80 Å². The number of rotatable bonds is 3. The molecule has 5 heteroatoms. The summed E-state index contributed by atoms with van der Waals surface area (Å²) in [5, 5.41) is 0.521. The predicted octanol–water partition coefficient (Wildman–Crippen LogP) is 1.78. The first-order valence-electron chi connectivity index (χ1n) is 6.29. The van der Waals surface area contributed by atoms with E-state index in [1.165, 1.54) is 0 Å². The molecule has 0 aromatic heterocycles. The Hall–Kier alpha value is -1.10. The number of hydrogen-bond donors (Lipinski definition) is 0. The van der Waals surface area contributed by atoms with Gasteiger partial charge in [0.1, 0.15) is 5.75 Å². The van der Waals surface area contributed by atoms with Crippen LogP contribution in [0.15, 0.2) is 18.2 Å². The van der Waals surface area contributed by atoms with E-state index in [0.717, 1.165) is 19.6 Å². The van der Waals surface area contributed by atoms with Crippen LogP contribution in [0.4, 0.5) is 0 Å². The highest BCUT2D eigenvalue weighted by molar-refractivity contribution is 6.32. The van der Waals surface area contributed by atoms with Gasteiger partial charge < -0.3 is 9.64 Å². The molecule has 1 aliphatic rings. The van der Waals surface area contributed by atoms with Crippen molar-refractivity contribution in [3.8, 4) is 5.75 Å². The maximum absolute atomic E-state index is 12.6. The Balaban J connectivity index is 2.23. The fraction of sp³-hybridized carbons (Fsp3) is 0.500. The van der Waals surface area contributed by atoms with Crippen molar-refractivity contribution in [1.82, 2.24) is 9.80 Å². The van der Waals surface area contributed by atoms with Crippen molar-refractivity contribution in [3.63, 3.8) is 0 Å². The fourth-order valence-electron chi connectivity index (χ4n) is 2.30. The van der Waals surface area contributed by atoms with Crippen LogP contribution in [0.3, 0.4) is 0 Å². The molecule has 0 saturated carbocycles. The molecule has 0 N–H and O–H groups in total. The highest BCUT2D eigenvalue weighted by Gasteiger charge is 2.29. The monoisotopic (exact) mass is 282 g/mol. The number of likely N-dealkylation sites (N-methyl/N-ethyl adjacent to an activating group) is 2. The van der Waals surface area contributed by atoms with Crippen LogP contribution < -0.4 is 4.74 Å². The summed E-state index contributed by atoms with van der Waals surface area (Å²) in [6, 6.07) is 5.08. The Morgan fingerprint density at radius 1 is 1.37 bits per heavy atom. The molecule has 1 atom stereocenters. The van der Waals surface area contributed by atoms with Crippen molar-refractivity contribution in [3.05, 3.63) is 28.8 Å². The molecule has 1 aromatic rings. The zero-order valence-electron chi connectivity index (χ0n) is 11.5. The van der Waals surface area contributed by atoms with Crippen molar-refractivity contribution >= 4 is 17.4 Å². The van der Waals surface area contributed by atoms with Gasteiger partial charge in [-0.3, -0.25) is 9.69 Å². The summed E-state index contributed by atoms with van der Waals surface area (Å²) in [4.78, 5) is 16.8. The number of ketones is 1. The lowest BCUT2D eigenvalue weighted by molar-refractivity contribution is 0.0686. The number of carbonyl (C=O) groups is 1. The average molecular weight is 283 g/mol. The van der Waals surface area contributed by atoms with E-state index < -0.39 is 0 Å². The van der Waals surface area contributed by atoms with E-state index in [0.29, 0.717) is 16.3 Å². The molecule has 0 amide bonds. The Labute approximate surface area is 118 Å². The molecular formula is C14H19ClN2O2. The van der Waals surface area contributed by atoms with Crippen molar-refractivity contribution in [2.75, 3.05) is 40.8 Å². The van der Waals surface area contributed by atoms with Crippen LogP contribution in [0.2, 0.25) is 5.02 Å². The van der Waals surface area contributed by atoms with Gasteiger partial charge in [-0.05, 0) is 32.3 Å². The topological polar surface area (TPSA) is 32.8 Å². The molecular weight excluding hydrogens is 264 g/mol. The Bertz CT molecular complexity index is 479. The average Bonchev–Trinajstić information content (AvgIpc) is 2.41. The van der Waals surface area contributed by atoms with Gasteiger partial charge in [0.15, 0.2) is 5.78 Å². The van der Waals surface area contributed by atoms with Gasteiger partial charge in [0.25, 0.3) is 0 Å².